The van der Waals surface area contributed by atoms with Gasteiger partial charge in [0.2, 0.25) is 11.8 Å². The molecule has 5 nitrogen and oxygen atoms in total. The number of unbranched alkanes of at least 4 members (excludes halogenated alkanes) is 10. The molecule has 2 bridgehead atoms. The summed E-state index contributed by atoms with van der Waals surface area (Å²) in [5, 5.41) is 0. The van der Waals surface area contributed by atoms with Crippen molar-refractivity contribution in [2.45, 2.75) is 89.4 Å². The van der Waals surface area contributed by atoms with Crippen molar-refractivity contribution in [3.63, 3.8) is 0 Å². The van der Waals surface area contributed by atoms with E-state index in [1.807, 2.05) is 24.3 Å². The zero-order valence-corrected chi connectivity index (χ0v) is 22.7. The first-order chi connectivity index (χ1) is 18.6. The molecule has 202 valence electrons. The maximum absolute atomic E-state index is 13.6. The molecule has 1 saturated heterocycles. The van der Waals surface area contributed by atoms with Gasteiger partial charge in [-0.05, 0) is 28.7 Å². The molecule has 38 heavy (non-hydrogen) atoms. The molecule has 2 amide bonds. The number of nitrogens with zero attached hydrogens (tertiary/aromatic N) is 1. The van der Waals surface area contributed by atoms with Gasteiger partial charge in [0.15, 0.2) is 0 Å². The second-order valence-electron chi connectivity index (χ2n) is 11.3. The van der Waals surface area contributed by atoms with Gasteiger partial charge < -0.3 is 4.74 Å². The number of imide groups is 1. The third-order valence-corrected chi connectivity index (χ3v) is 8.84. The van der Waals surface area contributed by atoms with Gasteiger partial charge in [-0.15, -0.1) is 0 Å². The molecule has 2 aromatic rings. The molecule has 0 aromatic heterocycles. The number of benzene rings is 2. The lowest BCUT2D eigenvalue weighted by Gasteiger charge is -2.45. The van der Waals surface area contributed by atoms with E-state index in [1.54, 1.807) is 0 Å². The van der Waals surface area contributed by atoms with Crippen LogP contribution in [0.1, 0.15) is 112 Å². The van der Waals surface area contributed by atoms with Crippen LogP contribution in [0, 0.1) is 11.8 Å². The first kappa shape index (κ1) is 26.6. The minimum absolute atomic E-state index is 0.147. The Kier molecular flexibility index (Phi) is 8.61. The van der Waals surface area contributed by atoms with Crippen molar-refractivity contribution in [3.8, 4) is 0 Å². The van der Waals surface area contributed by atoms with Gasteiger partial charge >= 0.3 is 5.97 Å². The molecule has 2 unspecified atom stereocenters. The third-order valence-electron chi connectivity index (χ3n) is 8.84. The van der Waals surface area contributed by atoms with Crippen LogP contribution in [0.5, 0.6) is 0 Å². The Morgan fingerprint density at radius 2 is 1.05 bits per heavy atom. The van der Waals surface area contributed by atoms with E-state index in [9.17, 15) is 14.4 Å². The van der Waals surface area contributed by atoms with E-state index in [-0.39, 0.29) is 30.2 Å². The van der Waals surface area contributed by atoms with Crippen molar-refractivity contribution in [1.82, 2.24) is 4.90 Å². The van der Waals surface area contributed by atoms with E-state index >= 15 is 0 Å². The van der Waals surface area contributed by atoms with E-state index in [4.69, 9.17) is 4.74 Å². The highest BCUT2D eigenvalue weighted by Gasteiger charge is 2.61. The topological polar surface area (TPSA) is 63.7 Å². The summed E-state index contributed by atoms with van der Waals surface area (Å²) >= 11 is 0. The minimum atomic E-state index is -0.486. The Morgan fingerprint density at radius 3 is 1.47 bits per heavy atom. The van der Waals surface area contributed by atoms with Crippen LogP contribution in [0.25, 0.3) is 0 Å². The second kappa shape index (κ2) is 12.3. The van der Waals surface area contributed by atoms with Gasteiger partial charge in [-0.1, -0.05) is 120 Å². The molecule has 0 saturated carbocycles. The van der Waals surface area contributed by atoms with E-state index in [1.165, 1.54) is 56.3 Å². The van der Waals surface area contributed by atoms with Crippen LogP contribution < -0.4 is 0 Å². The fourth-order valence-corrected chi connectivity index (χ4v) is 7.02. The molecule has 2 aromatic carbocycles. The van der Waals surface area contributed by atoms with Gasteiger partial charge in [-0.3, -0.25) is 19.3 Å². The number of hydrogen-bond donors (Lipinski definition) is 0. The number of esters is 1. The number of likely N-dealkylation sites (tertiary alicyclic amines) is 1. The molecule has 5 heteroatoms. The lowest BCUT2D eigenvalue weighted by atomic mass is 9.55. The van der Waals surface area contributed by atoms with Crippen molar-refractivity contribution in [3.05, 3.63) is 70.8 Å². The van der Waals surface area contributed by atoms with Crippen LogP contribution in [0.15, 0.2) is 48.5 Å². The minimum Gasteiger partial charge on any atom is -0.464 e. The molecule has 0 N–H and O–H groups in total. The maximum atomic E-state index is 13.6. The van der Waals surface area contributed by atoms with E-state index < -0.39 is 17.8 Å². The number of carbonyl (C=O) groups is 3. The molecule has 0 spiro atoms. The van der Waals surface area contributed by atoms with Crippen molar-refractivity contribution >= 4 is 17.8 Å². The van der Waals surface area contributed by atoms with Crippen LogP contribution in [0.2, 0.25) is 0 Å². The molecule has 3 aliphatic carbocycles. The first-order valence-corrected chi connectivity index (χ1v) is 14.8. The monoisotopic (exact) mass is 515 g/mol. The predicted molar refractivity (Wildman–Crippen MR) is 148 cm³/mol. The SMILES string of the molecule is CCCCCCCCCCCCCOC(=O)CN1C(=O)C2C3c4ccccc4C(c4ccccc43)C2C1=O. The van der Waals surface area contributed by atoms with Gasteiger partial charge in [-0.2, -0.15) is 0 Å². The average molecular weight is 516 g/mol. The van der Waals surface area contributed by atoms with Gasteiger partial charge in [-0.25, -0.2) is 0 Å². The Hall–Kier alpha value is -2.95. The van der Waals surface area contributed by atoms with Crippen molar-refractivity contribution in [1.29, 1.82) is 0 Å². The molecule has 2 atom stereocenters. The molecular formula is C33H41NO4. The number of ether oxygens (including phenoxy) is 1. The highest BCUT2D eigenvalue weighted by atomic mass is 16.5. The van der Waals surface area contributed by atoms with Crippen molar-refractivity contribution < 1.29 is 19.1 Å². The summed E-state index contributed by atoms with van der Waals surface area (Å²) in [5.74, 6) is -2.14. The molecule has 6 rings (SSSR count). The van der Waals surface area contributed by atoms with E-state index in [0.29, 0.717) is 6.61 Å². The Morgan fingerprint density at radius 1 is 0.658 bits per heavy atom. The average Bonchev–Trinajstić information content (AvgIpc) is 3.19. The Bertz CT molecular complexity index is 1040. The molecule has 1 fully saturated rings. The van der Waals surface area contributed by atoms with Crippen LogP contribution in [-0.4, -0.2) is 35.8 Å². The summed E-state index contributed by atoms with van der Waals surface area (Å²) in [4.78, 5) is 40.9. The standard InChI is InChI=1S/C33H41NO4/c1-2-3-4-5-6-7-8-9-10-11-16-21-38-27(35)22-34-32(36)30-28-23-17-12-13-18-24(23)29(31(30)33(34)37)26-20-15-14-19-25(26)28/h12-15,17-20,28-31H,2-11,16,21-22H2,1H3. The lowest BCUT2D eigenvalue weighted by Crippen LogP contribution is -2.41. The zero-order valence-electron chi connectivity index (χ0n) is 22.7. The lowest BCUT2D eigenvalue weighted by molar-refractivity contribution is -0.153. The van der Waals surface area contributed by atoms with Crippen molar-refractivity contribution in [2.24, 2.45) is 11.8 Å². The number of hydrogen-bond acceptors (Lipinski definition) is 4. The van der Waals surface area contributed by atoms with Crippen LogP contribution in [0.4, 0.5) is 0 Å². The molecule has 1 heterocycles. The first-order valence-electron chi connectivity index (χ1n) is 14.8. The molecular weight excluding hydrogens is 474 g/mol. The number of carbonyl (C=O) groups excluding carboxylic acids is 3. The summed E-state index contributed by atoms with van der Waals surface area (Å²) < 4.78 is 5.44. The highest BCUT2D eigenvalue weighted by molar-refractivity contribution is 6.09. The fourth-order valence-electron chi connectivity index (χ4n) is 7.02. The van der Waals surface area contributed by atoms with Crippen LogP contribution in [-0.2, 0) is 19.1 Å². The largest absolute Gasteiger partial charge is 0.464 e. The van der Waals surface area contributed by atoms with Gasteiger partial charge in [0, 0.05) is 11.8 Å². The van der Waals surface area contributed by atoms with E-state index in [2.05, 4.69) is 31.2 Å². The van der Waals surface area contributed by atoms with Gasteiger partial charge in [0.05, 0.1) is 18.4 Å². The highest BCUT2D eigenvalue weighted by Crippen LogP contribution is 2.60. The second-order valence-corrected chi connectivity index (χ2v) is 11.3. The maximum Gasteiger partial charge on any atom is 0.326 e. The molecule has 0 radical (unpaired) electrons. The normalized spacial score (nSPS) is 22.8. The fraction of sp³-hybridized carbons (Fsp3) is 0.545. The van der Waals surface area contributed by atoms with Gasteiger partial charge in [0.1, 0.15) is 6.54 Å². The Balaban J connectivity index is 1.10. The summed E-state index contributed by atoms with van der Waals surface area (Å²) in [6.07, 6.45) is 13.5. The molecule has 4 aliphatic rings. The van der Waals surface area contributed by atoms with Crippen LogP contribution >= 0.6 is 0 Å². The van der Waals surface area contributed by atoms with Gasteiger partial charge in [0.25, 0.3) is 0 Å². The van der Waals surface area contributed by atoms with E-state index in [0.717, 1.165) is 41.5 Å². The smallest absolute Gasteiger partial charge is 0.326 e. The number of amides is 2. The zero-order chi connectivity index (χ0) is 26.5. The predicted octanol–water partition coefficient (Wildman–Crippen LogP) is 6.73. The summed E-state index contributed by atoms with van der Waals surface area (Å²) in [7, 11) is 0. The van der Waals surface area contributed by atoms with Crippen LogP contribution in [0.3, 0.4) is 0 Å². The summed E-state index contributed by atoms with van der Waals surface area (Å²) in [6.45, 7) is 2.31. The third kappa shape index (κ3) is 5.17. The quantitative estimate of drug-likeness (QED) is 0.159. The summed E-state index contributed by atoms with van der Waals surface area (Å²) in [5.41, 5.74) is 4.55. The Labute approximate surface area is 226 Å². The molecule has 1 aliphatic heterocycles. The number of rotatable bonds is 14. The summed E-state index contributed by atoms with van der Waals surface area (Å²) in [6, 6.07) is 16.3. The van der Waals surface area contributed by atoms with Crippen molar-refractivity contribution in [2.75, 3.05) is 13.2 Å².